The predicted molar refractivity (Wildman–Crippen MR) is 98.5 cm³/mol. The fourth-order valence-electron chi connectivity index (χ4n) is 3.48. The maximum Gasteiger partial charge on any atom is 0.163 e. The van der Waals surface area contributed by atoms with Crippen LogP contribution < -0.4 is 0 Å². The minimum atomic E-state index is 0.0433. The molecule has 0 aliphatic heterocycles. The molecule has 1 aromatic heterocycles. The number of hydrogen-bond acceptors (Lipinski definition) is 3. The third-order valence-corrected chi connectivity index (χ3v) is 5.19. The van der Waals surface area contributed by atoms with Crippen LogP contribution in [0.4, 0.5) is 0 Å². The van der Waals surface area contributed by atoms with Gasteiger partial charge < -0.3 is 0 Å². The summed E-state index contributed by atoms with van der Waals surface area (Å²) in [6.45, 7) is 2.05. The zero-order valence-electron chi connectivity index (χ0n) is 14.3. The van der Waals surface area contributed by atoms with Crippen LogP contribution >= 0.6 is 0 Å². The molecular weight excluding hydrogens is 308 g/mol. The molecule has 1 fully saturated rings. The summed E-state index contributed by atoms with van der Waals surface area (Å²) in [4.78, 5) is 12.9. The van der Waals surface area contributed by atoms with Gasteiger partial charge in [0.2, 0.25) is 0 Å². The van der Waals surface area contributed by atoms with E-state index in [1.54, 1.807) is 12.4 Å². The highest BCUT2D eigenvalue weighted by Gasteiger charge is 2.45. The molecule has 0 radical (unpaired) electrons. The molecule has 3 nitrogen and oxygen atoms in total. The number of rotatable bonds is 5. The highest BCUT2D eigenvalue weighted by Crippen LogP contribution is 2.51. The van der Waals surface area contributed by atoms with Crippen molar-refractivity contribution in [1.82, 2.24) is 10.2 Å². The van der Waals surface area contributed by atoms with Crippen molar-refractivity contribution in [3.63, 3.8) is 0 Å². The number of nitrogens with zero attached hydrogens (tertiary/aromatic N) is 2. The minimum absolute atomic E-state index is 0.0433. The van der Waals surface area contributed by atoms with Gasteiger partial charge in [0.05, 0.1) is 12.4 Å². The number of aryl methyl sites for hydroxylation is 1. The summed E-state index contributed by atoms with van der Waals surface area (Å²) in [6, 6.07) is 18.3. The van der Waals surface area contributed by atoms with E-state index in [0.29, 0.717) is 6.42 Å². The first-order chi connectivity index (χ1) is 12.2. The van der Waals surface area contributed by atoms with Crippen LogP contribution in [0.1, 0.15) is 40.7 Å². The average Bonchev–Trinajstić information content (AvgIpc) is 3.44. The zero-order chi connectivity index (χ0) is 17.3. The van der Waals surface area contributed by atoms with Crippen LogP contribution in [-0.2, 0) is 5.41 Å². The second-order valence-electron chi connectivity index (χ2n) is 6.91. The maximum absolute atomic E-state index is 12.9. The van der Waals surface area contributed by atoms with Gasteiger partial charge in [0.1, 0.15) is 0 Å². The Balaban J connectivity index is 1.61. The van der Waals surface area contributed by atoms with E-state index in [1.807, 2.05) is 30.3 Å². The molecule has 0 atom stereocenters. The fraction of sp³-hybridized carbons (Fsp3) is 0.227. The van der Waals surface area contributed by atoms with Gasteiger partial charge in [-0.3, -0.25) is 4.79 Å². The van der Waals surface area contributed by atoms with Crippen LogP contribution in [0.2, 0.25) is 0 Å². The Morgan fingerprint density at radius 1 is 1.04 bits per heavy atom. The van der Waals surface area contributed by atoms with Gasteiger partial charge in [0, 0.05) is 23.0 Å². The van der Waals surface area contributed by atoms with E-state index in [4.69, 9.17) is 0 Å². The first-order valence-corrected chi connectivity index (χ1v) is 8.64. The topological polar surface area (TPSA) is 42.9 Å². The van der Waals surface area contributed by atoms with Gasteiger partial charge in [-0.1, -0.05) is 42.5 Å². The lowest BCUT2D eigenvalue weighted by atomic mass is 9.87. The Kier molecular flexibility index (Phi) is 3.92. The van der Waals surface area contributed by atoms with Crippen LogP contribution in [-0.4, -0.2) is 16.0 Å². The first-order valence-electron chi connectivity index (χ1n) is 8.64. The quantitative estimate of drug-likeness (QED) is 0.634. The van der Waals surface area contributed by atoms with Gasteiger partial charge in [-0.05, 0) is 48.6 Å². The summed E-state index contributed by atoms with van der Waals surface area (Å²) >= 11 is 0. The Labute approximate surface area is 147 Å². The molecule has 0 saturated heterocycles. The molecule has 25 heavy (non-hydrogen) atoms. The third kappa shape index (κ3) is 3.10. The van der Waals surface area contributed by atoms with Gasteiger partial charge >= 0.3 is 0 Å². The van der Waals surface area contributed by atoms with Crippen LogP contribution in [0.25, 0.3) is 11.1 Å². The molecular formula is C22H20N2O. The summed E-state index contributed by atoms with van der Waals surface area (Å²) in [5.74, 6) is 0.213. The number of carbonyl (C=O) groups is 1. The van der Waals surface area contributed by atoms with E-state index in [2.05, 4.69) is 41.4 Å². The van der Waals surface area contributed by atoms with Crippen LogP contribution in [0.3, 0.4) is 0 Å². The van der Waals surface area contributed by atoms with Crippen LogP contribution in [0.15, 0.2) is 67.0 Å². The average molecular weight is 328 g/mol. The van der Waals surface area contributed by atoms with E-state index < -0.39 is 0 Å². The predicted octanol–water partition coefficient (Wildman–Crippen LogP) is 4.76. The molecule has 1 aliphatic carbocycles. The van der Waals surface area contributed by atoms with Crippen molar-refractivity contribution >= 4 is 5.78 Å². The SMILES string of the molecule is Cc1ccc(C(=O)CC2(c3ccccc3)CC2)cc1-c1ccnnc1. The van der Waals surface area contributed by atoms with Gasteiger partial charge in [-0.25, -0.2) is 0 Å². The molecule has 0 bridgehead atoms. The second kappa shape index (κ2) is 6.25. The molecule has 4 rings (SSSR count). The van der Waals surface area contributed by atoms with E-state index in [-0.39, 0.29) is 11.2 Å². The van der Waals surface area contributed by atoms with Gasteiger partial charge in [0.15, 0.2) is 5.78 Å². The van der Waals surface area contributed by atoms with Crippen molar-refractivity contribution in [3.05, 3.63) is 83.7 Å². The minimum Gasteiger partial charge on any atom is -0.294 e. The molecule has 0 unspecified atom stereocenters. The number of Topliss-reactive ketones (excluding diaryl/α,β-unsaturated/α-hetero) is 1. The summed E-state index contributed by atoms with van der Waals surface area (Å²) in [5.41, 5.74) is 5.28. The van der Waals surface area contributed by atoms with E-state index in [9.17, 15) is 4.79 Å². The van der Waals surface area contributed by atoms with Gasteiger partial charge in [-0.2, -0.15) is 10.2 Å². The summed E-state index contributed by atoms with van der Waals surface area (Å²) < 4.78 is 0. The van der Waals surface area contributed by atoms with Crippen LogP contribution in [0.5, 0.6) is 0 Å². The molecule has 0 spiro atoms. The summed E-state index contributed by atoms with van der Waals surface area (Å²) in [7, 11) is 0. The molecule has 1 saturated carbocycles. The number of ketones is 1. The summed E-state index contributed by atoms with van der Waals surface area (Å²) in [5, 5.41) is 7.78. The molecule has 1 heterocycles. The van der Waals surface area contributed by atoms with E-state index in [1.165, 1.54) is 5.56 Å². The Morgan fingerprint density at radius 2 is 1.84 bits per heavy atom. The van der Waals surface area contributed by atoms with E-state index >= 15 is 0 Å². The fourth-order valence-corrected chi connectivity index (χ4v) is 3.48. The lowest BCUT2D eigenvalue weighted by molar-refractivity contribution is 0.0970. The number of aromatic nitrogens is 2. The van der Waals surface area contributed by atoms with Crippen molar-refractivity contribution < 1.29 is 4.79 Å². The lowest BCUT2D eigenvalue weighted by Crippen LogP contribution is -2.14. The number of benzene rings is 2. The maximum atomic E-state index is 12.9. The van der Waals surface area contributed by atoms with Crippen molar-refractivity contribution in [2.24, 2.45) is 0 Å². The summed E-state index contributed by atoms with van der Waals surface area (Å²) in [6.07, 6.45) is 6.18. The highest BCUT2D eigenvalue weighted by atomic mass is 16.1. The standard InChI is InChI=1S/C22H20N2O/c1-16-7-8-17(13-20(16)18-9-12-23-24-15-18)21(25)14-22(10-11-22)19-5-3-2-4-6-19/h2-9,12-13,15H,10-11,14H2,1H3. The van der Waals surface area contributed by atoms with Crippen molar-refractivity contribution in [3.8, 4) is 11.1 Å². The largest absolute Gasteiger partial charge is 0.294 e. The zero-order valence-corrected chi connectivity index (χ0v) is 14.3. The van der Waals surface area contributed by atoms with Crippen molar-refractivity contribution in [1.29, 1.82) is 0 Å². The van der Waals surface area contributed by atoms with E-state index in [0.717, 1.165) is 35.1 Å². The monoisotopic (exact) mass is 328 g/mol. The number of hydrogen-bond donors (Lipinski definition) is 0. The molecule has 2 aromatic carbocycles. The molecule has 0 amide bonds. The number of carbonyl (C=O) groups excluding carboxylic acids is 1. The molecule has 3 aromatic rings. The molecule has 124 valence electrons. The second-order valence-corrected chi connectivity index (χ2v) is 6.91. The smallest absolute Gasteiger partial charge is 0.163 e. The Bertz CT molecular complexity index is 900. The lowest BCUT2D eigenvalue weighted by Gasteiger charge is -2.15. The van der Waals surface area contributed by atoms with Crippen molar-refractivity contribution in [2.75, 3.05) is 0 Å². The molecule has 1 aliphatic rings. The van der Waals surface area contributed by atoms with Gasteiger partial charge in [0.25, 0.3) is 0 Å². The normalized spacial score (nSPS) is 14.9. The van der Waals surface area contributed by atoms with Crippen molar-refractivity contribution in [2.45, 2.75) is 31.6 Å². The van der Waals surface area contributed by atoms with Gasteiger partial charge in [-0.15, -0.1) is 0 Å². The molecule has 0 N–H and O–H groups in total. The Hall–Kier alpha value is -2.81. The molecule has 3 heteroatoms. The van der Waals surface area contributed by atoms with Crippen LogP contribution in [0, 0.1) is 6.92 Å². The third-order valence-electron chi connectivity index (χ3n) is 5.19. The highest BCUT2D eigenvalue weighted by molar-refractivity contribution is 5.98. The first kappa shape index (κ1) is 15.7. The Morgan fingerprint density at radius 3 is 2.52 bits per heavy atom.